The van der Waals surface area contributed by atoms with Crippen molar-refractivity contribution in [3.8, 4) is 0 Å². The van der Waals surface area contributed by atoms with Gasteiger partial charge in [0.15, 0.2) is 0 Å². The summed E-state index contributed by atoms with van der Waals surface area (Å²) in [7, 11) is 0. The first kappa shape index (κ1) is 21.8. The number of nitrogens with zero attached hydrogens (tertiary/aromatic N) is 2. The van der Waals surface area contributed by atoms with Crippen molar-refractivity contribution in [2.75, 3.05) is 17.8 Å². The number of carbonyl (C=O) groups excluding carboxylic acids is 1. The van der Waals surface area contributed by atoms with E-state index < -0.39 is 11.7 Å². The topological polar surface area (TPSA) is 45.2 Å². The van der Waals surface area contributed by atoms with Crippen molar-refractivity contribution < 1.29 is 18.0 Å². The molecular formula is C19H16Cl2F3N3OS. The molecule has 1 aromatic carbocycles. The molecule has 3 rings (SSSR count). The molecule has 10 heteroatoms. The van der Waals surface area contributed by atoms with Gasteiger partial charge in [0, 0.05) is 37.0 Å². The molecule has 4 nitrogen and oxygen atoms in total. The number of halogens is 5. The minimum absolute atomic E-state index is 0.204. The number of nitrogens with one attached hydrogen (secondary N) is 1. The number of rotatable bonds is 5. The van der Waals surface area contributed by atoms with Gasteiger partial charge < -0.3 is 9.62 Å². The maximum Gasteiger partial charge on any atom is 0.417 e. The third-order valence-corrected chi connectivity index (χ3v) is 5.70. The average molecular weight is 462 g/mol. The Kier molecular flexibility index (Phi) is 6.65. The van der Waals surface area contributed by atoms with Gasteiger partial charge in [0.25, 0.3) is 0 Å². The number of Topliss-reactive ketones (excluding diaryl/α,β-unsaturated/α-hetero) is 1. The van der Waals surface area contributed by atoms with Gasteiger partial charge in [0.1, 0.15) is 11.5 Å². The van der Waals surface area contributed by atoms with Crippen molar-refractivity contribution >= 4 is 52.3 Å². The lowest BCUT2D eigenvalue weighted by Gasteiger charge is -2.30. The Morgan fingerprint density at radius 2 is 1.90 bits per heavy atom. The molecule has 1 N–H and O–H groups in total. The number of hydrogen-bond donors (Lipinski definition) is 1. The van der Waals surface area contributed by atoms with Crippen LogP contribution in [0, 0.1) is 0 Å². The lowest BCUT2D eigenvalue weighted by molar-refractivity contribution is -0.137. The highest BCUT2D eigenvalue weighted by Gasteiger charge is 2.33. The average Bonchev–Trinajstić information content (AvgIpc) is 2.66. The van der Waals surface area contributed by atoms with E-state index in [0.29, 0.717) is 52.9 Å². The monoisotopic (exact) mass is 461 g/mol. The fourth-order valence-corrected chi connectivity index (χ4v) is 3.90. The molecule has 0 amide bonds. The van der Waals surface area contributed by atoms with Crippen molar-refractivity contribution in [2.45, 2.75) is 23.9 Å². The molecule has 1 fully saturated rings. The van der Waals surface area contributed by atoms with E-state index in [1.807, 2.05) is 4.90 Å². The standard InChI is InChI=1S/C19H16Cl2F3N3OS/c1-11(27-6-4-13(28)5-7-27)18-17(8-12(20)10-25-18)26-29-14-2-3-16(21)15(9-14)19(22,23)24/h2-3,8-10,26H,1,4-7H2. The van der Waals surface area contributed by atoms with Crippen molar-refractivity contribution in [2.24, 2.45) is 0 Å². The normalized spacial score (nSPS) is 14.8. The molecule has 29 heavy (non-hydrogen) atoms. The van der Waals surface area contributed by atoms with E-state index in [1.54, 1.807) is 6.07 Å². The van der Waals surface area contributed by atoms with Crippen LogP contribution in [0.5, 0.6) is 0 Å². The molecule has 1 saturated heterocycles. The Hall–Kier alpha value is -1.90. The number of anilines is 1. The highest BCUT2D eigenvalue weighted by Crippen LogP contribution is 2.38. The van der Waals surface area contributed by atoms with Crippen LogP contribution in [0.15, 0.2) is 41.9 Å². The number of carbonyl (C=O) groups is 1. The molecule has 2 heterocycles. The maximum absolute atomic E-state index is 13.1. The predicted octanol–water partition coefficient (Wildman–Crippen LogP) is 6.16. The second-order valence-electron chi connectivity index (χ2n) is 6.37. The van der Waals surface area contributed by atoms with Gasteiger partial charge in [0.05, 0.1) is 27.0 Å². The summed E-state index contributed by atoms with van der Waals surface area (Å²) in [6, 6.07) is 5.29. The summed E-state index contributed by atoms with van der Waals surface area (Å²) >= 11 is 12.7. The van der Waals surface area contributed by atoms with Crippen LogP contribution in [-0.4, -0.2) is 28.8 Å². The largest absolute Gasteiger partial charge is 0.417 e. The van der Waals surface area contributed by atoms with Gasteiger partial charge in [-0.2, -0.15) is 13.2 Å². The van der Waals surface area contributed by atoms with Crippen LogP contribution < -0.4 is 4.72 Å². The Bertz CT molecular complexity index is 943. The number of aromatic nitrogens is 1. The highest BCUT2D eigenvalue weighted by atomic mass is 35.5. The third-order valence-electron chi connectivity index (χ3n) is 4.35. The molecule has 1 aliphatic rings. The van der Waals surface area contributed by atoms with E-state index in [0.717, 1.165) is 18.0 Å². The lowest BCUT2D eigenvalue weighted by Crippen LogP contribution is -2.32. The van der Waals surface area contributed by atoms with Crippen LogP contribution in [0.1, 0.15) is 24.1 Å². The molecule has 0 bridgehead atoms. The Labute approximate surface area is 180 Å². The van der Waals surface area contributed by atoms with Gasteiger partial charge in [-0.05, 0) is 36.2 Å². The smallest absolute Gasteiger partial charge is 0.369 e. The Morgan fingerprint density at radius 3 is 2.55 bits per heavy atom. The van der Waals surface area contributed by atoms with E-state index in [2.05, 4.69) is 16.3 Å². The van der Waals surface area contributed by atoms with Crippen molar-refractivity contribution in [1.82, 2.24) is 9.88 Å². The second kappa shape index (κ2) is 8.85. The fraction of sp³-hybridized carbons (Fsp3) is 0.263. The predicted molar refractivity (Wildman–Crippen MR) is 110 cm³/mol. The molecule has 0 saturated carbocycles. The molecule has 2 aromatic rings. The highest BCUT2D eigenvalue weighted by molar-refractivity contribution is 8.00. The number of benzene rings is 1. The number of likely N-dealkylation sites (tertiary alicyclic amines) is 1. The Morgan fingerprint density at radius 1 is 1.21 bits per heavy atom. The number of hydrogen-bond acceptors (Lipinski definition) is 5. The molecule has 1 aliphatic heterocycles. The fourth-order valence-electron chi connectivity index (χ4n) is 2.82. The summed E-state index contributed by atoms with van der Waals surface area (Å²) in [4.78, 5) is 18.1. The number of piperidine rings is 1. The first-order valence-electron chi connectivity index (χ1n) is 8.56. The molecule has 0 spiro atoms. The van der Waals surface area contributed by atoms with Crippen LogP contribution >= 0.6 is 35.1 Å². The summed E-state index contributed by atoms with van der Waals surface area (Å²) in [6.45, 7) is 5.16. The first-order chi connectivity index (χ1) is 13.6. The zero-order valence-electron chi connectivity index (χ0n) is 15.0. The molecule has 1 aromatic heterocycles. The summed E-state index contributed by atoms with van der Waals surface area (Å²) in [5, 5.41) is 0.00513. The van der Waals surface area contributed by atoms with Crippen LogP contribution in [0.3, 0.4) is 0 Å². The first-order valence-corrected chi connectivity index (χ1v) is 10.1. The summed E-state index contributed by atoms with van der Waals surface area (Å²) in [5.41, 5.74) is 0.733. The third kappa shape index (κ3) is 5.38. The van der Waals surface area contributed by atoms with E-state index in [4.69, 9.17) is 23.2 Å². The van der Waals surface area contributed by atoms with E-state index >= 15 is 0 Å². The maximum atomic E-state index is 13.1. The second-order valence-corrected chi connectivity index (χ2v) is 8.09. The van der Waals surface area contributed by atoms with Crippen LogP contribution in [-0.2, 0) is 11.0 Å². The minimum Gasteiger partial charge on any atom is -0.369 e. The molecule has 0 unspecified atom stereocenters. The SMILES string of the molecule is C=C(c1ncc(Cl)cc1NSc1ccc(Cl)c(C(F)(F)F)c1)N1CCC(=O)CC1. The van der Waals surface area contributed by atoms with E-state index in [1.165, 1.54) is 18.3 Å². The van der Waals surface area contributed by atoms with Gasteiger partial charge in [-0.15, -0.1) is 0 Å². The van der Waals surface area contributed by atoms with Gasteiger partial charge in [0.2, 0.25) is 0 Å². The quantitative estimate of drug-likeness (QED) is 0.539. The van der Waals surface area contributed by atoms with Crippen LogP contribution in [0.2, 0.25) is 10.0 Å². The van der Waals surface area contributed by atoms with Crippen LogP contribution in [0.4, 0.5) is 18.9 Å². The minimum atomic E-state index is -4.55. The van der Waals surface area contributed by atoms with E-state index in [9.17, 15) is 18.0 Å². The summed E-state index contributed by atoms with van der Waals surface area (Å²) in [6.07, 6.45) is -2.20. The lowest BCUT2D eigenvalue weighted by atomic mass is 10.1. The van der Waals surface area contributed by atoms with Gasteiger partial charge in [-0.1, -0.05) is 29.8 Å². The number of pyridine rings is 1. The van der Waals surface area contributed by atoms with Gasteiger partial charge in [-0.3, -0.25) is 9.78 Å². The molecular weight excluding hydrogens is 446 g/mol. The summed E-state index contributed by atoms with van der Waals surface area (Å²) in [5.74, 6) is 0.204. The van der Waals surface area contributed by atoms with Gasteiger partial charge in [-0.25, -0.2) is 0 Å². The number of ketones is 1. The zero-order valence-corrected chi connectivity index (χ0v) is 17.4. The van der Waals surface area contributed by atoms with Crippen molar-refractivity contribution in [3.63, 3.8) is 0 Å². The molecule has 0 aliphatic carbocycles. The summed E-state index contributed by atoms with van der Waals surface area (Å²) < 4.78 is 42.2. The molecule has 154 valence electrons. The van der Waals surface area contributed by atoms with Crippen LogP contribution in [0.25, 0.3) is 5.70 Å². The van der Waals surface area contributed by atoms with E-state index in [-0.39, 0.29) is 10.8 Å². The number of alkyl halides is 3. The van der Waals surface area contributed by atoms with Gasteiger partial charge >= 0.3 is 6.18 Å². The molecule has 0 radical (unpaired) electrons. The van der Waals surface area contributed by atoms with Crippen molar-refractivity contribution in [3.05, 3.63) is 58.3 Å². The Balaban J connectivity index is 1.80. The zero-order chi connectivity index (χ0) is 21.2. The van der Waals surface area contributed by atoms with Crippen molar-refractivity contribution in [1.29, 1.82) is 0 Å². The molecule has 0 atom stereocenters.